The molecule has 0 amide bonds. The second-order valence-electron chi connectivity index (χ2n) is 5.97. The number of aromatic nitrogens is 2. The van der Waals surface area contributed by atoms with Crippen LogP contribution < -0.4 is 11.3 Å². The SMILES string of the molecule is Cc1ccsc1C(Cc1ccn(C2CCCCC2)n1)NN. The number of hydrogen-bond donors (Lipinski definition) is 2. The van der Waals surface area contributed by atoms with Crippen LogP contribution >= 0.6 is 11.3 Å². The van der Waals surface area contributed by atoms with Crippen molar-refractivity contribution in [2.45, 2.75) is 57.5 Å². The number of hydrazine groups is 1. The fourth-order valence-electron chi connectivity index (χ4n) is 3.21. The van der Waals surface area contributed by atoms with Gasteiger partial charge in [-0.15, -0.1) is 11.3 Å². The Labute approximate surface area is 130 Å². The van der Waals surface area contributed by atoms with Crippen LogP contribution in [-0.4, -0.2) is 9.78 Å². The molecule has 21 heavy (non-hydrogen) atoms. The third kappa shape index (κ3) is 3.36. The van der Waals surface area contributed by atoms with Gasteiger partial charge >= 0.3 is 0 Å². The molecule has 5 heteroatoms. The first-order valence-electron chi connectivity index (χ1n) is 7.82. The minimum atomic E-state index is 0.153. The summed E-state index contributed by atoms with van der Waals surface area (Å²) in [5, 5.41) is 6.91. The average molecular weight is 304 g/mol. The van der Waals surface area contributed by atoms with E-state index in [-0.39, 0.29) is 6.04 Å². The van der Waals surface area contributed by atoms with Crippen LogP contribution in [0, 0.1) is 6.92 Å². The highest BCUT2D eigenvalue weighted by Crippen LogP contribution is 2.29. The monoisotopic (exact) mass is 304 g/mol. The molecule has 1 atom stereocenters. The van der Waals surface area contributed by atoms with Gasteiger partial charge in [-0.05, 0) is 42.8 Å². The summed E-state index contributed by atoms with van der Waals surface area (Å²) < 4.78 is 2.17. The van der Waals surface area contributed by atoms with Gasteiger partial charge in [0.25, 0.3) is 0 Å². The van der Waals surface area contributed by atoms with Crippen molar-refractivity contribution in [2.75, 3.05) is 0 Å². The minimum Gasteiger partial charge on any atom is -0.271 e. The number of nitrogens with two attached hydrogens (primary N) is 1. The molecule has 3 rings (SSSR count). The van der Waals surface area contributed by atoms with E-state index in [2.05, 4.69) is 40.7 Å². The van der Waals surface area contributed by atoms with Crippen molar-refractivity contribution in [3.8, 4) is 0 Å². The van der Waals surface area contributed by atoms with E-state index in [9.17, 15) is 0 Å². The van der Waals surface area contributed by atoms with E-state index < -0.39 is 0 Å². The van der Waals surface area contributed by atoms with Gasteiger partial charge in [-0.3, -0.25) is 16.0 Å². The van der Waals surface area contributed by atoms with E-state index >= 15 is 0 Å². The fourth-order valence-corrected chi connectivity index (χ4v) is 4.20. The lowest BCUT2D eigenvalue weighted by Gasteiger charge is -2.22. The molecule has 0 aromatic carbocycles. The molecule has 1 aliphatic carbocycles. The molecule has 2 aromatic rings. The molecule has 0 radical (unpaired) electrons. The summed E-state index contributed by atoms with van der Waals surface area (Å²) in [6, 6.07) is 5.03. The quantitative estimate of drug-likeness (QED) is 0.656. The Kier molecular flexibility index (Phi) is 4.73. The van der Waals surface area contributed by atoms with Crippen molar-refractivity contribution < 1.29 is 0 Å². The second kappa shape index (κ2) is 6.73. The zero-order valence-corrected chi connectivity index (χ0v) is 13.4. The molecule has 0 aliphatic heterocycles. The van der Waals surface area contributed by atoms with E-state index in [4.69, 9.17) is 10.9 Å². The van der Waals surface area contributed by atoms with Crippen LogP contribution in [0.5, 0.6) is 0 Å². The van der Waals surface area contributed by atoms with Gasteiger partial charge in [-0.1, -0.05) is 19.3 Å². The maximum atomic E-state index is 5.75. The first-order valence-corrected chi connectivity index (χ1v) is 8.70. The summed E-state index contributed by atoms with van der Waals surface area (Å²) in [5.74, 6) is 5.75. The number of rotatable bonds is 5. The highest BCUT2D eigenvalue weighted by atomic mass is 32.1. The minimum absolute atomic E-state index is 0.153. The molecule has 0 bridgehead atoms. The number of hydrogen-bond acceptors (Lipinski definition) is 4. The van der Waals surface area contributed by atoms with Gasteiger partial charge in [0.05, 0.1) is 17.8 Å². The van der Waals surface area contributed by atoms with Gasteiger partial charge in [0.1, 0.15) is 0 Å². The number of aryl methyl sites for hydroxylation is 1. The van der Waals surface area contributed by atoms with Gasteiger partial charge in [0.2, 0.25) is 0 Å². The van der Waals surface area contributed by atoms with Crippen molar-refractivity contribution in [2.24, 2.45) is 5.84 Å². The summed E-state index contributed by atoms with van der Waals surface area (Å²) in [6.07, 6.45) is 9.56. The Balaban J connectivity index is 1.69. The zero-order chi connectivity index (χ0) is 14.7. The van der Waals surface area contributed by atoms with Crippen LogP contribution in [-0.2, 0) is 6.42 Å². The molecule has 3 N–H and O–H groups in total. The highest BCUT2D eigenvalue weighted by molar-refractivity contribution is 7.10. The predicted molar refractivity (Wildman–Crippen MR) is 87.2 cm³/mol. The van der Waals surface area contributed by atoms with E-state index in [1.54, 1.807) is 11.3 Å². The van der Waals surface area contributed by atoms with Gasteiger partial charge in [0, 0.05) is 17.5 Å². The van der Waals surface area contributed by atoms with Gasteiger partial charge in [-0.25, -0.2) is 0 Å². The summed E-state index contributed by atoms with van der Waals surface area (Å²) in [4.78, 5) is 1.31. The van der Waals surface area contributed by atoms with Crippen molar-refractivity contribution in [1.82, 2.24) is 15.2 Å². The molecule has 2 aromatic heterocycles. The fraction of sp³-hybridized carbons (Fsp3) is 0.562. The normalized spacial score (nSPS) is 18.0. The molecule has 1 unspecified atom stereocenters. The summed E-state index contributed by atoms with van der Waals surface area (Å²) in [5.41, 5.74) is 5.37. The van der Waals surface area contributed by atoms with Crippen molar-refractivity contribution in [1.29, 1.82) is 0 Å². The molecule has 114 valence electrons. The van der Waals surface area contributed by atoms with Crippen LogP contribution in [0.3, 0.4) is 0 Å². The molecular weight excluding hydrogens is 280 g/mol. The largest absolute Gasteiger partial charge is 0.271 e. The van der Waals surface area contributed by atoms with Crippen molar-refractivity contribution in [3.63, 3.8) is 0 Å². The van der Waals surface area contributed by atoms with Crippen LogP contribution in [0.1, 0.15) is 60.3 Å². The van der Waals surface area contributed by atoms with Gasteiger partial charge < -0.3 is 0 Å². The lowest BCUT2D eigenvalue weighted by Crippen LogP contribution is -2.29. The maximum absolute atomic E-state index is 5.75. The first-order chi connectivity index (χ1) is 10.3. The van der Waals surface area contributed by atoms with Gasteiger partial charge in [-0.2, -0.15) is 5.10 Å². The smallest absolute Gasteiger partial charge is 0.0644 e. The molecule has 1 aliphatic rings. The Morgan fingerprint density at radius 2 is 2.19 bits per heavy atom. The Bertz CT molecular complexity index is 568. The number of thiophene rings is 1. The topological polar surface area (TPSA) is 55.9 Å². The lowest BCUT2D eigenvalue weighted by molar-refractivity contribution is 0.327. The molecule has 1 fully saturated rings. The zero-order valence-electron chi connectivity index (χ0n) is 12.6. The van der Waals surface area contributed by atoms with E-state index in [1.807, 2.05) is 0 Å². The second-order valence-corrected chi connectivity index (χ2v) is 6.92. The van der Waals surface area contributed by atoms with Crippen molar-refractivity contribution >= 4 is 11.3 Å². The Morgan fingerprint density at radius 1 is 1.38 bits per heavy atom. The molecule has 4 nitrogen and oxygen atoms in total. The highest BCUT2D eigenvalue weighted by Gasteiger charge is 2.19. The predicted octanol–water partition coefficient (Wildman–Crippen LogP) is 3.51. The Hall–Kier alpha value is -1.17. The molecule has 0 spiro atoms. The standard InChI is InChI=1S/C16H24N4S/c1-12-8-10-21-16(12)15(18-17)11-13-7-9-20(19-13)14-5-3-2-4-6-14/h7-10,14-15,18H,2-6,11,17H2,1H3. The summed E-state index contributed by atoms with van der Waals surface area (Å²) in [7, 11) is 0. The number of nitrogens with zero attached hydrogens (tertiary/aromatic N) is 2. The number of nitrogens with one attached hydrogen (secondary N) is 1. The van der Waals surface area contributed by atoms with Crippen molar-refractivity contribution in [3.05, 3.63) is 39.8 Å². The maximum Gasteiger partial charge on any atom is 0.0644 e. The average Bonchev–Trinajstić information content (AvgIpc) is 3.15. The van der Waals surface area contributed by atoms with E-state index in [1.165, 1.54) is 42.5 Å². The summed E-state index contributed by atoms with van der Waals surface area (Å²) >= 11 is 1.76. The Morgan fingerprint density at radius 3 is 2.86 bits per heavy atom. The third-order valence-electron chi connectivity index (χ3n) is 4.45. The van der Waals surface area contributed by atoms with Crippen LogP contribution in [0.4, 0.5) is 0 Å². The molecule has 0 saturated heterocycles. The molecule has 2 heterocycles. The van der Waals surface area contributed by atoms with Crippen LogP contribution in [0.25, 0.3) is 0 Å². The first kappa shape index (κ1) is 14.8. The van der Waals surface area contributed by atoms with E-state index in [0.717, 1.165) is 12.1 Å². The third-order valence-corrected chi connectivity index (χ3v) is 5.58. The van der Waals surface area contributed by atoms with Crippen LogP contribution in [0.2, 0.25) is 0 Å². The van der Waals surface area contributed by atoms with Gasteiger partial charge in [0.15, 0.2) is 0 Å². The lowest BCUT2D eigenvalue weighted by atomic mass is 9.96. The van der Waals surface area contributed by atoms with Crippen LogP contribution in [0.15, 0.2) is 23.7 Å². The summed E-state index contributed by atoms with van der Waals surface area (Å²) in [6.45, 7) is 2.14. The molecular formula is C16H24N4S. The molecule has 1 saturated carbocycles. The van der Waals surface area contributed by atoms with E-state index in [0.29, 0.717) is 6.04 Å².